The molecule has 5 rings (SSSR count). The summed E-state index contributed by atoms with van der Waals surface area (Å²) in [6.45, 7) is 0.825. The Balaban J connectivity index is 1.75. The van der Waals surface area contributed by atoms with Gasteiger partial charge in [0.05, 0.1) is 30.8 Å². The zero-order valence-electron chi connectivity index (χ0n) is 17.0. The first-order chi connectivity index (χ1) is 15.2. The second-order valence-corrected chi connectivity index (χ2v) is 7.41. The van der Waals surface area contributed by atoms with E-state index in [9.17, 15) is 4.79 Å². The van der Waals surface area contributed by atoms with Gasteiger partial charge in [-0.2, -0.15) is 0 Å². The van der Waals surface area contributed by atoms with E-state index in [0.717, 1.165) is 27.7 Å². The Hall–Kier alpha value is -3.90. The number of nitrogens with zero attached hydrogens (tertiary/aromatic N) is 2. The molecule has 0 fully saturated rings. The summed E-state index contributed by atoms with van der Waals surface area (Å²) in [4.78, 5) is 18.5. The van der Waals surface area contributed by atoms with Gasteiger partial charge in [0.25, 0.3) is 5.56 Å². The van der Waals surface area contributed by atoms with E-state index in [1.54, 1.807) is 24.0 Å². The summed E-state index contributed by atoms with van der Waals surface area (Å²) in [7, 11) is 1.58. The topological polar surface area (TPSA) is 83.3 Å². The zero-order valence-corrected chi connectivity index (χ0v) is 17.0. The van der Waals surface area contributed by atoms with Crippen molar-refractivity contribution in [1.29, 1.82) is 0 Å². The third kappa shape index (κ3) is 3.47. The molecule has 2 heterocycles. The number of hydrogen-bond donors (Lipinski definition) is 1. The summed E-state index contributed by atoms with van der Waals surface area (Å²) in [6.07, 6.45) is 1.65. The van der Waals surface area contributed by atoms with Crippen molar-refractivity contribution in [3.8, 4) is 17.1 Å². The predicted molar refractivity (Wildman–Crippen MR) is 121 cm³/mol. The van der Waals surface area contributed by atoms with Crippen LogP contribution in [0.25, 0.3) is 33.3 Å². The number of hydrogen-bond acceptors (Lipinski definition) is 5. The van der Waals surface area contributed by atoms with Crippen LogP contribution in [0.1, 0.15) is 11.1 Å². The number of benzene rings is 3. The van der Waals surface area contributed by atoms with Crippen LogP contribution in [-0.2, 0) is 13.1 Å². The molecule has 0 aliphatic heterocycles. The largest absolute Gasteiger partial charge is 0.497 e. The highest BCUT2D eigenvalue weighted by Gasteiger charge is 2.15. The molecule has 0 bridgehead atoms. The van der Waals surface area contributed by atoms with Crippen molar-refractivity contribution < 1.29 is 9.15 Å². The van der Waals surface area contributed by atoms with E-state index in [1.165, 1.54) is 0 Å². The van der Waals surface area contributed by atoms with Gasteiger partial charge in [-0.3, -0.25) is 9.36 Å². The third-order valence-electron chi connectivity index (χ3n) is 5.44. The van der Waals surface area contributed by atoms with Crippen molar-refractivity contribution in [3.63, 3.8) is 0 Å². The van der Waals surface area contributed by atoms with Gasteiger partial charge in [0, 0.05) is 17.5 Å². The summed E-state index contributed by atoms with van der Waals surface area (Å²) >= 11 is 0. The molecule has 3 aromatic carbocycles. The minimum absolute atomic E-state index is 0.121. The number of rotatable bonds is 5. The van der Waals surface area contributed by atoms with E-state index in [1.807, 2.05) is 60.7 Å². The lowest BCUT2D eigenvalue weighted by Gasteiger charge is -2.15. The van der Waals surface area contributed by atoms with Crippen molar-refractivity contribution in [2.75, 3.05) is 7.11 Å². The highest BCUT2D eigenvalue weighted by molar-refractivity contribution is 5.85. The molecule has 0 aliphatic rings. The van der Waals surface area contributed by atoms with Crippen LogP contribution in [0.4, 0.5) is 0 Å². The van der Waals surface area contributed by atoms with Gasteiger partial charge in [-0.25, -0.2) is 4.98 Å². The standard InChI is InChI=1S/C25H21N3O3/c1-30-20-6-7-22-21(13-20)25(29)28(15-17-4-2-3-16(11-17)14-26)24(27-22)19-5-8-23-18(12-19)9-10-31-23/h2-13H,14-15,26H2,1H3. The van der Waals surface area contributed by atoms with E-state index in [2.05, 4.69) is 0 Å². The maximum absolute atomic E-state index is 13.6. The van der Waals surface area contributed by atoms with E-state index >= 15 is 0 Å². The molecule has 0 saturated heterocycles. The number of nitrogens with two attached hydrogens (primary N) is 1. The van der Waals surface area contributed by atoms with Gasteiger partial charge in [-0.1, -0.05) is 24.3 Å². The summed E-state index contributed by atoms with van der Waals surface area (Å²) in [5.74, 6) is 1.22. The van der Waals surface area contributed by atoms with E-state index < -0.39 is 0 Å². The number of furan rings is 1. The molecule has 2 aromatic heterocycles. The molecule has 0 atom stereocenters. The Morgan fingerprint density at radius 2 is 1.90 bits per heavy atom. The van der Waals surface area contributed by atoms with E-state index in [0.29, 0.717) is 35.6 Å². The summed E-state index contributed by atoms with van der Waals surface area (Å²) in [6, 6.07) is 21.0. The van der Waals surface area contributed by atoms with Crippen LogP contribution in [0.15, 0.2) is 82.2 Å². The normalized spacial score (nSPS) is 11.3. The zero-order chi connectivity index (χ0) is 21.4. The lowest BCUT2D eigenvalue weighted by molar-refractivity contribution is 0.415. The maximum Gasteiger partial charge on any atom is 0.262 e. The Morgan fingerprint density at radius 3 is 2.74 bits per heavy atom. The van der Waals surface area contributed by atoms with Crippen molar-refractivity contribution in [2.45, 2.75) is 13.1 Å². The number of aromatic nitrogens is 2. The van der Waals surface area contributed by atoms with Gasteiger partial charge in [-0.15, -0.1) is 0 Å². The van der Waals surface area contributed by atoms with Gasteiger partial charge >= 0.3 is 0 Å². The highest BCUT2D eigenvalue weighted by atomic mass is 16.5. The Labute approximate surface area is 178 Å². The predicted octanol–water partition coefficient (Wildman–Crippen LogP) is 4.33. The second-order valence-electron chi connectivity index (χ2n) is 7.41. The minimum atomic E-state index is -0.121. The van der Waals surface area contributed by atoms with Crippen LogP contribution in [0, 0.1) is 0 Å². The van der Waals surface area contributed by atoms with Crippen LogP contribution in [-0.4, -0.2) is 16.7 Å². The molecule has 0 saturated carbocycles. The Kier molecular flexibility index (Phi) is 4.76. The second kappa shape index (κ2) is 7.74. The number of ether oxygens (including phenoxy) is 1. The fourth-order valence-electron chi connectivity index (χ4n) is 3.84. The smallest absolute Gasteiger partial charge is 0.262 e. The number of fused-ring (bicyclic) bond motifs is 2. The van der Waals surface area contributed by atoms with E-state index in [-0.39, 0.29) is 5.56 Å². The Bertz CT molecular complexity index is 1470. The van der Waals surface area contributed by atoms with Crippen molar-refractivity contribution in [2.24, 2.45) is 5.73 Å². The lowest BCUT2D eigenvalue weighted by atomic mass is 10.1. The van der Waals surface area contributed by atoms with Crippen LogP contribution in [0.3, 0.4) is 0 Å². The molecule has 5 aromatic rings. The van der Waals surface area contributed by atoms with Gasteiger partial charge in [-0.05, 0) is 53.6 Å². The summed E-state index contributed by atoms with van der Waals surface area (Å²) in [5.41, 5.74) is 9.95. The van der Waals surface area contributed by atoms with Crippen LogP contribution in [0.5, 0.6) is 5.75 Å². The summed E-state index contributed by atoms with van der Waals surface area (Å²) in [5, 5.41) is 1.47. The quantitative estimate of drug-likeness (QED) is 0.466. The first kappa shape index (κ1) is 19.1. The van der Waals surface area contributed by atoms with Crippen molar-refractivity contribution in [1.82, 2.24) is 9.55 Å². The lowest BCUT2D eigenvalue weighted by Crippen LogP contribution is -2.24. The van der Waals surface area contributed by atoms with Gasteiger partial charge in [0.2, 0.25) is 0 Å². The van der Waals surface area contributed by atoms with Crippen LogP contribution >= 0.6 is 0 Å². The van der Waals surface area contributed by atoms with Gasteiger partial charge in [0.1, 0.15) is 17.2 Å². The molecule has 0 radical (unpaired) electrons. The van der Waals surface area contributed by atoms with Crippen LogP contribution in [0.2, 0.25) is 0 Å². The average molecular weight is 411 g/mol. The van der Waals surface area contributed by atoms with Crippen molar-refractivity contribution >= 4 is 21.9 Å². The molecule has 0 aliphatic carbocycles. The van der Waals surface area contributed by atoms with Gasteiger partial charge in [0.15, 0.2) is 0 Å². The SMILES string of the molecule is COc1ccc2nc(-c3ccc4occc4c3)n(Cc3cccc(CN)c3)c(=O)c2c1. The molecule has 154 valence electrons. The molecule has 6 heteroatoms. The van der Waals surface area contributed by atoms with E-state index in [4.69, 9.17) is 19.9 Å². The first-order valence-electron chi connectivity index (χ1n) is 10.0. The fourth-order valence-corrected chi connectivity index (χ4v) is 3.84. The molecule has 2 N–H and O–H groups in total. The molecule has 0 spiro atoms. The monoisotopic (exact) mass is 411 g/mol. The molecular formula is C25H21N3O3. The molecule has 0 amide bonds. The Morgan fingerprint density at radius 1 is 1.03 bits per heavy atom. The molecule has 6 nitrogen and oxygen atoms in total. The van der Waals surface area contributed by atoms with Gasteiger partial charge < -0.3 is 14.9 Å². The average Bonchev–Trinajstić information content (AvgIpc) is 3.28. The molecule has 31 heavy (non-hydrogen) atoms. The van der Waals surface area contributed by atoms with Crippen LogP contribution < -0.4 is 16.0 Å². The minimum Gasteiger partial charge on any atom is -0.497 e. The fraction of sp³-hybridized carbons (Fsp3) is 0.120. The van der Waals surface area contributed by atoms with Crippen molar-refractivity contribution in [3.05, 3.63) is 94.5 Å². The summed E-state index contributed by atoms with van der Waals surface area (Å²) < 4.78 is 12.5. The molecular weight excluding hydrogens is 390 g/mol. The maximum atomic E-state index is 13.6. The molecule has 0 unspecified atom stereocenters. The highest BCUT2D eigenvalue weighted by Crippen LogP contribution is 2.26. The number of methoxy groups -OCH3 is 1. The first-order valence-corrected chi connectivity index (χ1v) is 10.0. The third-order valence-corrected chi connectivity index (χ3v) is 5.44.